The molecule has 0 saturated carbocycles. The van der Waals surface area contributed by atoms with Crippen LogP contribution in [0.5, 0.6) is 0 Å². The average molecular weight is 567 g/mol. The molecule has 0 aliphatic heterocycles. The molecule has 6 heteroatoms. The number of rotatable bonds is 4. The lowest BCUT2D eigenvalue weighted by atomic mass is 10.0. The summed E-state index contributed by atoms with van der Waals surface area (Å²) >= 11 is 0. The van der Waals surface area contributed by atoms with Crippen molar-refractivity contribution in [2.45, 2.75) is 0 Å². The Labute approximate surface area is 251 Å². The summed E-state index contributed by atoms with van der Waals surface area (Å²) in [4.78, 5) is 19.6. The van der Waals surface area contributed by atoms with Gasteiger partial charge in [-0.25, -0.2) is 19.9 Å². The zero-order valence-corrected chi connectivity index (χ0v) is 23.3. The van der Waals surface area contributed by atoms with Crippen molar-refractivity contribution in [2.75, 3.05) is 0 Å². The van der Waals surface area contributed by atoms with Gasteiger partial charge in [-0.3, -0.25) is 0 Å². The van der Waals surface area contributed by atoms with Gasteiger partial charge < -0.3 is 8.83 Å². The fraction of sp³-hybridized carbons (Fsp3) is 0. The van der Waals surface area contributed by atoms with E-state index in [9.17, 15) is 0 Å². The fourth-order valence-corrected chi connectivity index (χ4v) is 5.77. The van der Waals surface area contributed by atoms with Crippen LogP contribution in [0.1, 0.15) is 0 Å². The maximum atomic E-state index is 6.33. The van der Waals surface area contributed by atoms with E-state index < -0.39 is 0 Å². The molecule has 0 radical (unpaired) electrons. The van der Waals surface area contributed by atoms with Gasteiger partial charge in [0.25, 0.3) is 0 Å². The highest BCUT2D eigenvalue weighted by Gasteiger charge is 2.17. The van der Waals surface area contributed by atoms with E-state index in [0.717, 1.165) is 66.1 Å². The molecule has 0 amide bonds. The molecule has 0 atom stereocenters. The molecule has 3 aromatic heterocycles. The highest BCUT2D eigenvalue weighted by molar-refractivity contribution is 6.15. The second-order valence-corrected chi connectivity index (χ2v) is 10.7. The number of aromatic nitrogens is 4. The standard InChI is InChI=1S/C38H22N4O2/c1-4-10-23(11-5-1)35-40-36(24-12-6-2-7-13-24)42-37(41-35)27-17-18-31-29(20-27)30-22-28-26(21-33(30)43-31)16-19-32-34(28)39-38(44-32)25-14-8-3-9-15-25/h1-22H. The van der Waals surface area contributed by atoms with Crippen molar-refractivity contribution in [3.8, 4) is 45.6 Å². The molecule has 6 aromatic carbocycles. The van der Waals surface area contributed by atoms with Crippen molar-refractivity contribution in [1.82, 2.24) is 19.9 Å². The van der Waals surface area contributed by atoms with Crippen LogP contribution < -0.4 is 0 Å². The van der Waals surface area contributed by atoms with Gasteiger partial charge >= 0.3 is 0 Å². The van der Waals surface area contributed by atoms with Gasteiger partial charge in [0.1, 0.15) is 16.7 Å². The minimum Gasteiger partial charge on any atom is -0.456 e. The third kappa shape index (κ3) is 4.04. The fourth-order valence-electron chi connectivity index (χ4n) is 5.77. The zero-order chi connectivity index (χ0) is 29.0. The summed E-state index contributed by atoms with van der Waals surface area (Å²) in [6.07, 6.45) is 0. The number of hydrogen-bond donors (Lipinski definition) is 0. The van der Waals surface area contributed by atoms with E-state index in [0.29, 0.717) is 23.4 Å². The molecular formula is C38H22N4O2. The summed E-state index contributed by atoms with van der Waals surface area (Å²) in [5.74, 6) is 2.45. The lowest BCUT2D eigenvalue weighted by molar-refractivity contribution is 0.620. The lowest BCUT2D eigenvalue weighted by Crippen LogP contribution is -2.00. The molecule has 0 aliphatic carbocycles. The first kappa shape index (κ1) is 24.5. The van der Waals surface area contributed by atoms with Gasteiger partial charge in [-0.1, -0.05) is 84.9 Å². The first-order valence-corrected chi connectivity index (χ1v) is 14.4. The summed E-state index contributed by atoms with van der Waals surface area (Å²) in [5, 5.41) is 4.01. The quantitative estimate of drug-likeness (QED) is 0.211. The van der Waals surface area contributed by atoms with Gasteiger partial charge in [0.15, 0.2) is 23.1 Å². The van der Waals surface area contributed by atoms with Gasteiger partial charge in [-0.15, -0.1) is 0 Å². The molecule has 3 heterocycles. The third-order valence-electron chi connectivity index (χ3n) is 7.94. The SMILES string of the molecule is c1ccc(-c2nc(-c3ccccc3)nc(-c3ccc4oc5cc6ccc7oc(-c8ccccc8)nc7c6cc5c4c3)n2)cc1. The maximum absolute atomic E-state index is 6.33. The monoisotopic (exact) mass is 566 g/mol. The van der Waals surface area contributed by atoms with E-state index in [2.05, 4.69) is 24.3 Å². The number of hydrogen-bond acceptors (Lipinski definition) is 6. The Morgan fingerprint density at radius 1 is 0.364 bits per heavy atom. The Morgan fingerprint density at radius 2 is 0.932 bits per heavy atom. The number of fused-ring (bicyclic) bond motifs is 6. The van der Waals surface area contributed by atoms with Crippen molar-refractivity contribution in [3.63, 3.8) is 0 Å². The molecule has 44 heavy (non-hydrogen) atoms. The first-order valence-electron chi connectivity index (χ1n) is 14.4. The summed E-state index contributed by atoms with van der Waals surface area (Å²) in [7, 11) is 0. The Balaban J connectivity index is 1.23. The van der Waals surface area contributed by atoms with Gasteiger partial charge in [-0.2, -0.15) is 0 Å². The molecule has 0 saturated heterocycles. The largest absolute Gasteiger partial charge is 0.456 e. The topological polar surface area (TPSA) is 77.8 Å². The predicted molar refractivity (Wildman–Crippen MR) is 174 cm³/mol. The number of oxazole rings is 1. The Morgan fingerprint density at radius 3 is 1.59 bits per heavy atom. The highest BCUT2D eigenvalue weighted by Crippen LogP contribution is 2.37. The molecule has 206 valence electrons. The number of nitrogens with zero attached hydrogens (tertiary/aromatic N) is 4. The van der Waals surface area contributed by atoms with Gasteiger partial charge in [0, 0.05) is 38.4 Å². The van der Waals surface area contributed by atoms with E-state index in [1.54, 1.807) is 0 Å². The number of benzene rings is 6. The molecule has 0 unspecified atom stereocenters. The molecule has 9 aromatic rings. The summed E-state index contributed by atoms with van der Waals surface area (Å²) in [6, 6.07) is 44.3. The van der Waals surface area contributed by atoms with Crippen LogP contribution in [-0.2, 0) is 0 Å². The van der Waals surface area contributed by atoms with E-state index in [4.69, 9.17) is 28.8 Å². The van der Waals surface area contributed by atoms with Gasteiger partial charge in [0.05, 0.1) is 0 Å². The Hall–Kier alpha value is -6.14. The minimum absolute atomic E-state index is 0.598. The van der Waals surface area contributed by atoms with Crippen LogP contribution >= 0.6 is 0 Å². The molecule has 0 bridgehead atoms. The van der Waals surface area contributed by atoms with Crippen LogP contribution in [0.3, 0.4) is 0 Å². The molecule has 0 fully saturated rings. The highest BCUT2D eigenvalue weighted by atomic mass is 16.3. The van der Waals surface area contributed by atoms with Crippen molar-refractivity contribution >= 4 is 43.8 Å². The van der Waals surface area contributed by atoms with Crippen LogP contribution in [0.15, 0.2) is 142 Å². The van der Waals surface area contributed by atoms with Crippen molar-refractivity contribution in [1.29, 1.82) is 0 Å². The lowest BCUT2D eigenvalue weighted by Gasteiger charge is -2.08. The van der Waals surface area contributed by atoms with Gasteiger partial charge in [-0.05, 0) is 53.9 Å². The normalized spacial score (nSPS) is 11.6. The molecule has 9 rings (SSSR count). The van der Waals surface area contributed by atoms with Crippen molar-refractivity contribution in [3.05, 3.63) is 133 Å². The van der Waals surface area contributed by atoms with E-state index >= 15 is 0 Å². The third-order valence-corrected chi connectivity index (χ3v) is 7.94. The first-order chi connectivity index (χ1) is 21.8. The van der Waals surface area contributed by atoms with Crippen LogP contribution in [0.25, 0.3) is 89.4 Å². The van der Waals surface area contributed by atoms with E-state index in [-0.39, 0.29) is 0 Å². The summed E-state index contributed by atoms with van der Waals surface area (Å²) < 4.78 is 12.5. The van der Waals surface area contributed by atoms with Crippen molar-refractivity contribution < 1.29 is 8.83 Å². The average Bonchev–Trinajstić information content (AvgIpc) is 3.70. The molecule has 0 spiro atoms. The minimum atomic E-state index is 0.598. The number of furan rings is 1. The molecule has 6 nitrogen and oxygen atoms in total. The zero-order valence-electron chi connectivity index (χ0n) is 23.3. The summed E-state index contributed by atoms with van der Waals surface area (Å²) in [5.41, 5.74) is 6.86. The van der Waals surface area contributed by atoms with Gasteiger partial charge in [0.2, 0.25) is 5.89 Å². The van der Waals surface area contributed by atoms with Crippen LogP contribution in [0.4, 0.5) is 0 Å². The molecular weight excluding hydrogens is 544 g/mol. The summed E-state index contributed by atoms with van der Waals surface area (Å²) in [6.45, 7) is 0. The van der Waals surface area contributed by atoms with Crippen molar-refractivity contribution in [2.24, 2.45) is 0 Å². The Bertz CT molecular complexity index is 2430. The molecule has 0 N–H and O–H groups in total. The Kier molecular flexibility index (Phi) is 5.40. The second-order valence-electron chi connectivity index (χ2n) is 10.7. The smallest absolute Gasteiger partial charge is 0.227 e. The molecule has 0 aliphatic rings. The predicted octanol–water partition coefficient (Wildman–Crippen LogP) is 9.73. The van der Waals surface area contributed by atoms with Crippen LogP contribution in [0.2, 0.25) is 0 Å². The van der Waals surface area contributed by atoms with E-state index in [1.807, 2.05) is 109 Å². The van der Waals surface area contributed by atoms with E-state index in [1.165, 1.54) is 0 Å². The van der Waals surface area contributed by atoms with Crippen LogP contribution in [-0.4, -0.2) is 19.9 Å². The second kappa shape index (κ2) is 9.71. The maximum Gasteiger partial charge on any atom is 0.227 e. The van der Waals surface area contributed by atoms with Crippen LogP contribution in [0, 0.1) is 0 Å².